The second-order valence-electron chi connectivity index (χ2n) is 26.0. The van der Waals surface area contributed by atoms with Gasteiger partial charge in [0, 0.05) is 43.4 Å². The summed E-state index contributed by atoms with van der Waals surface area (Å²) in [5.74, 6) is 0. The van der Waals surface area contributed by atoms with E-state index in [2.05, 4.69) is 188 Å². The van der Waals surface area contributed by atoms with Crippen LogP contribution >= 0.6 is 0 Å². The Balaban J connectivity index is 0.000000147. The van der Waals surface area contributed by atoms with Crippen molar-refractivity contribution in [2.75, 3.05) is 0 Å². The molecule has 103 heavy (non-hydrogen) atoms. The fraction of sp³-hybridized carbons (Fsp3) is 0. The normalized spacial score (nSPS) is 13.0. The molecule has 0 aliphatic heterocycles. The van der Waals surface area contributed by atoms with Gasteiger partial charge in [0.05, 0.1) is 13.7 Å². The molecule has 3 nitrogen and oxygen atoms in total. The number of furan rings is 3. The van der Waals surface area contributed by atoms with Crippen LogP contribution in [0.25, 0.3) is 209 Å². The van der Waals surface area contributed by atoms with Gasteiger partial charge in [0.25, 0.3) is 0 Å². The average molecular weight is 1320 g/mol. The second-order valence-corrected chi connectivity index (χ2v) is 26.0. The molecule has 0 aliphatic rings. The predicted molar refractivity (Wildman–Crippen MR) is 434 cm³/mol. The largest absolute Gasteiger partial charge is 0.456 e. The standard InChI is InChI=1S/C50H30O2.C50H32O/c1-2-13-31(14-3-1)47-37-18-4-6-20-39(37)48(40-21-7-5-19-38(40)47)33-15-12-16-34(29-33)49-35(26-28-46-50(49)41-22-9-11-24-44(41)52-46)32-25-27-45-42(30-32)36-17-8-10-23-43(36)51-45;1-3-16-33(17-4-1)37-22-7-8-23-38(37)43-30-31-46-50(44-28-13-14-29-45(44)51-46)49(43)36-21-15-20-35(32-36)48-41-26-11-9-24-39(41)47(34-18-5-2-6-19-34)40-25-10-12-27-42(40)48/h1-30H;1-32H/i1D,2D,3D,13D,14D;2D,5D,6D,18D,19D. The summed E-state index contributed by atoms with van der Waals surface area (Å²) in [6.45, 7) is 0. The minimum Gasteiger partial charge on any atom is -0.456 e. The minimum absolute atomic E-state index is 0.194. The molecule has 3 aromatic heterocycles. The van der Waals surface area contributed by atoms with Crippen LogP contribution in [0.3, 0.4) is 0 Å². The number of para-hydroxylation sites is 3. The number of rotatable bonds is 9. The Labute approximate surface area is 608 Å². The monoisotopic (exact) mass is 1320 g/mol. The van der Waals surface area contributed by atoms with Crippen LogP contribution in [0.1, 0.15) is 13.7 Å². The fourth-order valence-electron chi connectivity index (χ4n) is 16.0. The molecule has 0 bridgehead atoms. The van der Waals surface area contributed by atoms with Gasteiger partial charge in [-0.05, 0) is 193 Å². The fourth-order valence-corrected chi connectivity index (χ4v) is 16.0. The maximum absolute atomic E-state index is 8.96. The quantitative estimate of drug-likeness (QED) is 0.135. The lowest BCUT2D eigenvalue weighted by Crippen LogP contribution is -1.92. The van der Waals surface area contributed by atoms with E-state index in [0.29, 0.717) is 11.1 Å². The van der Waals surface area contributed by atoms with Gasteiger partial charge >= 0.3 is 0 Å². The van der Waals surface area contributed by atoms with Gasteiger partial charge in [-0.1, -0.05) is 315 Å². The van der Waals surface area contributed by atoms with Gasteiger partial charge < -0.3 is 13.3 Å². The molecule has 0 radical (unpaired) electrons. The Morgan fingerprint density at radius 3 is 0.951 bits per heavy atom. The lowest BCUT2D eigenvalue weighted by atomic mass is 9.84. The van der Waals surface area contributed by atoms with Crippen molar-refractivity contribution in [1.29, 1.82) is 0 Å². The third-order valence-electron chi connectivity index (χ3n) is 20.3. The predicted octanol–water partition coefficient (Wildman–Crippen LogP) is 28.7. The van der Waals surface area contributed by atoms with Crippen LogP contribution in [-0.2, 0) is 0 Å². The topological polar surface area (TPSA) is 39.4 Å². The molecule has 3 heteroatoms. The summed E-state index contributed by atoms with van der Waals surface area (Å²) >= 11 is 0. The van der Waals surface area contributed by atoms with Crippen LogP contribution in [0.2, 0.25) is 0 Å². The molecule has 21 rings (SSSR count). The third-order valence-corrected chi connectivity index (χ3v) is 20.3. The number of hydrogen-bond acceptors (Lipinski definition) is 3. The first kappa shape index (κ1) is 49.8. The van der Waals surface area contributed by atoms with Gasteiger partial charge in [0.2, 0.25) is 0 Å². The van der Waals surface area contributed by atoms with Crippen molar-refractivity contribution in [3.8, 4) is 100 Å². The third kappa shape index (κ3) is 9.96. The van der Waals surface area contributed by atoms with Gasteiger partial charge in [-0.3, -0.25) is 0 Å². The Bertz CT molecular complexity index is 7410. The van der Waals surface area contributed by atoms with Gasteiger partial charge in [-0.2, -0.15) is 0 Å². The zero-order valence-corrected chi connectivity index (χ0v) is 55.2. The molecule has 0 saturated carbocycles. The van der Waals surface area contributed by atoms with E-state index in [-0.39, 0.29) is 59.5 Å². The van der Waals surface area contributed by atoms with Crippen LogP contribution in [0.4, 0.5) is 0 Å². The van der Waals surface area contributed by atoms with Crippen LogP contribution in [0, 0.1) is 0 Å². The van der Waals surface area contributed by atoms with E-state index < -0.39 is 12.1 Å². The summed E-state index contributed by atoms with van der Waals surface area (Å²) in [5, 5.41) is 13.2. The molecular weight excluding hydrogens is 1250 g/mol. The summed E-state index contributed by atoms with van der Waals surface area (Å²) in [5.41, 5.74) is 21.3. The molecule has 0 aliphatic carbocycles. The molecular formula is C100H62O3. The molecule has 480 valence electrons. The maximum atomic E-state index is 8.96. The summed E-state index contributed by atoms with van der Waals surface area (Å²) in [4.78, 5) is 0. The van der Waals surface area contributed by atoms with E-state index >= 15 is 0 Å². The molecule has 0 amide bonds. The maximum Gasteiger partial charge on any atom is 0.136 e. The molecule has 21 aromatic rings. The Kier molecular flexibility index (Phi) is 11.9. The first-order chi connectivity index (χ1) is 55.3. The smallest absolute Gasteiger partial charge is 0.136 e. The zero-order valence-electron chi connectivity index (χ0n) is 65.2. The molecule has 0 spiro atoms. The minimum atomic E-state index is -0.409. The molecule has 0 fully saturated rings. The van der Waals surface area contributed by atoms with Crippen LogP contribution < -0.4 is 0 Å². The van der Waals surface area contributed by atoms with Crippen molar-refractivity contribution >= 4 is 109 Å². The van der Waals surface area contributed by atoms with Crippen molar-refractivity contribution in [3.05, 3.63) is 376 Å². The van der Waals surface area contributed by atoms with E-state index in [1.165, 1.54) is 0 Å². The Morgan fingerprint density at radius 2 is 0.485 bits per heavy atom. The number of fused-ring (bicyclic) bond motifs is 13. The summed E-state index contributed by atoms with van der Waals surface area (Å²) in [7, 11) is 0. The van der Waals surface area contributed by atoms with Gasteiger partial charge in [-0.25, -0.2) is 0 Å². The summed E-state index contributed by atoms with van der Waals surface area (Å²) < 4.78 is 106. The van der Waals surface area contributed by atoms with Crippen molar-refractivity contribution in [1.82, 2.24) is 0 Å². The average Bonchev–Trinajstić information content (AvgIpc) is 1.59. The van der Waals surface area contributed by atoms with E-state index in [1.54, 1.807) is 0 Å². The molecule has 0 saturated heterocycles. The number of benzene rings is 18. The molecule has 0 atom stereocenters. The molecule has 0 N–H and O–H groups in total. The highest BCUT2D eigenvalue weighted by molar-refractivity contribution is 6.25. The Morgan fingerprint density at radius 1 is 0.165 bits per heavy atom. The molecule has 18 aromatic carbocycles. The van der Waals surface area contributed by atoms with Gasteiger partial charge in [0.15, 0.2) is 0 Å². The van der Waals surface area contributed by atoms with Crippen molar-refractivity contribution in [3.63, 3.8) is 0 Å². The zero-order chi connectivity index (χ0) is 76.6. The first-order valence-electron chi connectivity index (χ1n) is 39.5. The number of hydrogen-bond donors (Lipinski definition) is 0. The highest BCUT2D eigenvalue weighted by atomic mass is 16.3. The van der Waals surface area contributed by atoms with E-state index in [1.807, 2.05) is 127 Å². The lowest BCUT2D eigenvalue weighted by Gasteiger charge is -2.19. The SMILES string of the molecule is [2H]c1c([2H])c([2H])c(-c2c3ccccc3c(-c3cccc(-c4c(-c5ccc6oc7ccccc7c6c5)ccc5oc6ccccc6c45)c3)c3ccccc23)c([2H])c1[2H].[2H]c1c([2H])c([2H])c(-c2c3ccccc3c(-c3cccc(-c4c(-c5ccccc5-c5ccccc5)ccc5oc6ccccc6c45)c3)c3ccccc23)c([2H])c1[2H]. The van der Waals surface area contributed by atoms with E-state index in [4.69, 9.17) is 27.0 Å². The highest BCUT2D eigenvalue weighted by Crippen LogP contribution is 2.51. The molecule has 0 unspecified atom stereocenters. The van der Waals surface area contributed by atoms with Crippen LogP contribution in [0.5, 0.6) is 0 Å². The van der Waals surface area contributed by atoms with E-state index in [0.717, 1.165) is 187 Å². The Hall–Kier alpha value is -13.6. The summed E-state index contributed by atoms with van der Waals surface area (Å²) in [6.07, 6.45) is 0. The van der Waals surface area contributed by atoms with Crippen molar-refractivity contribution < 1.29 is 27.0 Å². The second kappa shape index (κ2) is 24.7. The van der Waals surface area contributed by atoms with Crippen molar-refractivity contribution in [2.24, 2.45) is 0 Å². The highest BCUT2D eigenvalue weighted by Gasteiger charge is 2.25. The summed E-state index contributed by atoms with van der Waals surface area (Å²) in [6, 6.07) is 104. The lowest BCUT2D eigenvalue weighted by molar-refractivity contribution is 0.668. The van der Waals surface area contributed by atoms with Crippen LogP contribution in [0.15, 0.2) is 389 Å². The first-order valence-corrected chi connectivity index (χ1v) is 34.5. The van der Waals surface area contributed by atoms with Crippen molar-refractivity contribution in [2.45, 2.75) is 0 Å². The van der Waals surface area contributed by atoms with Crippen LogP contribution in [-0.4, -0.2) is 0 Å². The molecule has 3 heterocycles. The van der Waals surface area contributed by atoms with E-state index in [9.17, 15) is 0 Å². The van der Waals surface area contributed by atoms with Gasteiger partial charge in [-0.15, -0.1) is 0 Å². The van der Waals surface area contributed by atoms with Gasteiger partial charge in [0.1, 0.15) is 33.5 Å².